The van der Waals surface area contributed by atoms with E-state index in [4.69, 9.17) is 9.72 Å². The minimum absolute atomic E-state index is 0.136. The maximum atomic E-state index is 12.5. The van der Waals surface area contributed by atoms with Crippen molar-refractivity contribution in [3.05, 3.63) is 63.7 Å². The van der Waals surface area contributed by atoms with Crippen LogP contribution in [-0.4, -0.2) is 46.7 Å². The molecule has 0 radical (unpaired) electrons. The fraction of sp³-hybridized carbons (Fsp3) is 0.391. The topological polar surface area (TPSA) is 47.4 Å². The molecular formula is C23H27N3O2S. The molecule has 0 saturated carbocycles. The molecule has 1 aliphatic rings. The number of ether oxygens (including phenoxy) is 1. The molecule has 1 saturated heterocycles. The number of amides is 1. The van der Waals surface area contributed by atoms with Crippen LogP contribution in [0.4, 0.5) is 0 Å². The molecule has 1 fully saturated rings. The van der Waals surface area contributed by atoms with Gasteiger partial charge in [-0.15, -0.1) is 11.3 Å². The lowest BCUT2D eigenvalue weighted by Crippen LogP contribution is -2.41. The summed E-state index contributed by atoms with van der Waals surface area (Å²) < 4.78 is 7.69. The van der Waals surface area contributed by atoms with Gasteiger partial charge in [-0.1, -0.05) is 30.3 Å². The highest BCUT2D eigenvalue weighted by molar-refractivity contribution is 7.10. The fourth-order valence-electron chi connectivity index (χ4n) is 4.08. The molecule has 1 atom stereocenters. The fourth-order valence-corrected chi connectivity index (χ4v) is 4.87. The Labute approximate surface area is 176 Å². The van der Waals surface area contributed by atoms with Gasteiger partial charge >= 0.3 is 0 Å². The number of carbonyl (C=O) groups excluding carboxylic acids is 1. The van der Waals surface area contributed by atoms with Gasteiger partial charge in [0, 0.05) is 35.4 Å². The largest absolute Gasteiger partial charge is 0.378 e. The molecule has 2 aromatic heterocycles. The van der Waals surface area contributed by atoms with Crippen LogP contribution in [0.15, 0.2) is 41.8 Å². The molecule has 3 aromatic rings. The van der Waals surface area contributed by atoms with Gasteiger partial charge in [0.2, 0.25) is 5.91 Å². The first-order valence-corrected chi connectivity index (χ1v) is 11.0. The van der Waals surface area contributed by atoms with E-state index in [-0.39, 0.29) is 11.9 Å². The van der Waals surface area contributed by atoms with E-state index < -0.39 is 0 Å². The highest BCUT2D eigenvalue weighted by Crippen LogP contribution is 2.32. The van der Waals surface area contributed by atoms with Crippen LogP contribution in [0.5, 0.6) is 0 Å². The van der Waals surface area contributed by atoms with E-state index in [1.807, 2.05) is 11.0 Å². The number of benzene rings is 1. The lowest BCUT2D eigenvalue weighted by atomic mass is 10.1. The van der Waals surface area contributed by atoms with E-state index in [0.29, 0.717) is 32.7 Å². The number of carbonyl (C=O) groups is 1. The molecule has 6 heteroatoms. The monoisotopic (exact) mass is 409 g/mol. The second-order valence-electron chi connectivity index (χ2n) is 7.54. The highest BCUT2D eigenvalue weighted by Gasteiger charge is 2.21. The zero-order chi connectivity index (χ0) is 20.4. The normalized spacial score (nSPS) is 15.5. The van der Waals surface area contributed by atoms with Gasteiger partial charge in [0.25, 0.3) is 0 Å². The molecule has 3 heterocycles. The van der Waals surface area contributed by atoms with Crippen molar-refractivity contribution in [3.8, 4) is 11.3 Å². The van der Waals surface area contributed by atoms with Crippen molar-refractivity contribution < 1.29 is 9.53 Å². The van der Waals surface area contributed by atoms with Crippen LogP contribution in [0.3, 0.4) is 0 Å². The first kappa shape index (κ1) is 19.9. The van der Waals surface area contributed by atoms with Crippen LogP contribution < -0.4 is 0 Å². The summed E-state index contributed by atoms with van der Waals surface area (Å²) in [5.74, 6) is 0.136. The van der Waals surface area contributed by atoms with Crippen LogP contribution in [-0.2, 0) is 16.0 Å². The van der Waals surface area contributed by atoms with E-state index in [0.717, 1.165) is 16.3 Å². The molecule has 1 amide bonds. The molecule has 0 N–H and O–H groups in total. The summed E-state index contributed by atoms with van der Waals surface area (Å²) in [6, 6.07) is 13.0. The quantitative estimate of drug-likeness (QED) is 0.633. The number of aryl methyl sites for hydroxylation is 1. The standard InChI is InChI=1S/C23H27N3O2S/c1-16-13-20(18(3)26(16)17(2)19-7-5-4-6-8-19)21-15-29-22(24-21)14-23(27)25-9-11-28-12-10-25/h4-8,13,15,17H,9-12,14H2,1-3H3/t17-/m0/s1. The van der Waals surface area contributed by atoms with Crippen LogP contribution >= 0.6 is 11.3 Å². The van der Waals surface area contributed by atoms with Crippen molar-refractivity contribution in [3.63, 3.8) is 0 Å². The Bertz CT molecular complexity index is 987. The Hall–Kier alpha value is -2.44. The smallest absolute Gasteiger partial charge is 0.229 e. The molecule has 4 rings (SSSR count). The lowest BCUT2D eigenvalue weighted by Gasteiger charge is -2.26. The Balaban J connectivity index is 1.54. The number of aromatic nitrogens is 2. The number of morpholine rings is 1. The minimum atomic E-state index is 0.136. The van der Waals surface area contributed by atoms with Gasteiger partial charge in [0.15, 0.2) is 0 Å². The second kappa shape index (κ2) is 8.51. The third kappa shape index (κ3) is 4.14. The number of nitrogens with zero attached hydrogens (tertiary/aromatic N) is 3. The number of hydrogen-bond donors (Lipinski definition) is 0. The first-order chi connectivity index (χ1) is 14.0. The van der Waals surface area contributed by atoms with Gasteiger partial charge in [-0.3, -0.25) is 4.79 Å². The van der Waals surface area contributed by atoms with Crippen molar-refractivity contribution in [2.24, 2.45) is 0 Å². The van der Waals surface area contributed by atoms with E-state index >= 15 is 0 Å². The Morgan fingerprint density at radius 1 is 1.21 bits per heavy atom. The Morgan fingerprint density at radius 3 is 2.66 bits per heavy atom. The molecule has 0 spiro atoms. The highest BCUT2D eigenvalue weighted by atomic mass is 32.1. The van der Waals surface area contributed by atoms with Crippen molar-refractivity contribution in [1.82, 2.24) is 14.5 Å². The minimum Gasteiger partial charge on any atom is -0.378 e. The van der Waals surface area contributed by atoms with Crippen LogP contribution in [0.1, 0.15) is 34.9 Å². The number of thiazole rings is 1. The molecule has 0 unspecified atom stereocenters. The average molecular weight is 410 g/mol. The summed E-state index contributed by atoms with van der Waals surface area (Å²) in [6.45, 7) is 9.13. The number of hydrogen-bond acceptors (Lipinski definition) is 4. The van der Waals surface area contributed by atoms with Gasteiger partial charge in [0.05, 0.1) is 31.4 Å². The van der Waals surface area contributed by atoms with E-state index in [2.05, 4.69) is 61.1 Å². The Morgan fingerprint density at radius 2 is 1.93 bits per heavy atom. The van der Waals surface area contributed by atoms with Crippen molar-refractivity contribution in [2.75, 3.05) is 26.3 Å². The van der Waals surface area contributed by atoms with Crippen molar-refractivity contribution >= 4 is 17.2 Å². The van der Waals surface area contributed by atoms with Gasteiger partial charge in [0.1, 0.15) is 5.01 Å². The van der Waals surface area contributed by atoms with Gasteiger partial charge in [-0.25, -0.2) is 4.98 Å². The maximum Gasteiger partial charge on any atom is 0.229 e. The van der Waals surface area contributed by atoms with Crippen molar-refractivity contribution in [1.29, 1.82) is 0 Å². The zero-order valence-corrected chi connectivity index (χ0v) is 18.0. The zero-order valence-electron chi connectivity index (χ0n) is 17.2. The predicted molar refractivity (Wildman–Crippen MR) is 116 cm³/mol. The van der Waals surface area contributed by atoms with E-state index in [1.54, 1.807) is 11.3 Å². The maximum absolute atomic E-state index is 12.5. The van der Waals surface area contributed by atoms with Crippen LogP contribution in [0.2, 0.25) is 0 Å². The van der Waals surface area contributed by atoms with Crippen LogP contribution in [0.25, 0.3) is 11.3 Å². The van der Waals surface area contributed by atoms with Crippen molar-refractivity contribution in [2.45, 2.75) is 33.2 Å². The molecule has 1 aromatic carbocycles. The lowest BCUT2D eigenvalue weighted by molar-refractivity contribution is -0.134. The van der Waals surface area contributed by atoms with Crippen LogP contribution in [0, 0.1) is 13.8 Å². The molecular weight excluding hydrogens is 382 g/mol. The summed E-state index contributed by atoms with van der Waals surface area (Å²) in [7, 11) is 0. The number of rotatable bonds is 5. The molecule has 152 valence electrons. The summed E-state index contributed by atoms with van der Waals surface area (Å²) in [4.78, 5) is 19.2. The van der Waals surface area contributed by atoms with Gasteiger partial charge in [-0.2, -0.15) is 0 Å². The SMILES string of the molecule is Cc1cc(-c2csc(CC(=O)N3CCOCC3)n2)c(C)n1[C@@H](C)c1ccccc1. The summed E-state index contributed by atoms with van der Waals surface area (Å²) in [5.41, 5.74) is 5.81. The third-order valence-corrected chi connectivity index (χ3v) is 6.50. The first-order valence-electron chi connectivity index (χ1n) is 10.1. The summed E-state index contributed by atoms with van der Waals surface area (Å²) >= 11 is 1.57. The summed E-state index contributed by atoms with van der Waals surface area (Å²) in [6.07, 6.45) is 0.365. The molecule has 5 nitrogen and oxygen atoms in total. The second-order valence-corrected chi connectivity index (χ2v) is 8.48. The summed E-state index contributed by atoms with van der Waals surface area (Å²) in [5, 5.41) is 2.94. The van der Waals surface area contributed by atoms with Gasteiger partial charge in [-0.05, 0) is 32.4 Å². The van der Waals surface area contributed by atoms with E-state index in [9.17, 15) is 4.79 Å². The Kier molecular flexibility index (Phi) is 5.83. The molecule has 0 bridgehead atoms. The van der Waals surface area contributed by atoms with Gasteiger partial charge < -0.3 is 14.2 Å². The molecule has 1 aliphatic heterocycles. The predicted octanol–water partition coefficient (Wildman–Crippen LogP) is 4.24. The molecule has 29 heavy (non-hydrogen) atoms. The average Bonchev–Trinajstić information content (AvgIpc) is 3.32. The third-order valence-electron chi connectivity index (χ3n) is 5.65. The van der Waals surface area contributed by atoms with E-state index in [1.165, 1.54) is 17.0 Å². The molecule has 0 aliphatic carbocycles.